The van der Waals surface area contributed by atoms with E-state index < -0.39 is 28.2 Å². The van der Waals surface area contributed by atoms with Gasteiger partial charge < -0.3 is 23.7 Å². The second kappa shape index (κ2) is 14.9. The molecule has 2 heterocycles. The molecule has 11 nitrogen and oxygen atoms in total. The first-order chi connectivity index (χ1) is 20.7. The quantitative estimate of drug-likeness (QED) is 0.134. The van der Waals surface area contributed by atoms with E-state index in [0.717, 1.165) is 37.9 Å². The maximum atomic E-state index is 13.3. The number of benzene rings is 2. The van der Waals surface area contributed by atoms with Gasteiger partial charge in [-0.25, -0.2) is 4.79 Å². The molecule has 230 valence electrons. The fourth-order valence-electron chi connectivity index (χ4n) is 5.40. The number of nitrogens with zero attached hydrogens (tertiary/aromatic N) is 2. The summed E-state index contributed by atoms with van der Waals surface area (Å²) in [7, 11) is 1.25. The van der Waals surface area contributed by atoms with E-state index in [0.29, 0.717) is 36.7 Å². The molecule has 0 saturated carbocycles. The van der Waals surface area contributed by atoms with Gasteiger partial charge in [0.2, 0.25) is 0 Å². The van der Waals surface area contributed by atoms with Gasteiger partial charge >= 0.3 is 11.9 Å². The lowest BCUT2D eigenvalue weighted by molar-refractivity contribution is -0.385. The number of hydrogen-bond donors (Lipinski definition) is 0. The highest BCUT2D eigenvalue weighted by Gasteiger charge is 2.50. The van der Waals surface area contributed by atoms with Crippen LogP contribution < -0.4 is 4.74 Å². The van der Waals surface area contributed by atoms with E-state index in [4.69, 9.17) is 23.7 Å². The van der Waals surface area contributed by atoms with Crippen molar-refractivity contribution < 1.29 is 38.2 Å². The van der Waals surface area contributed by atoms with E-state index >= 15 is 0 Å². The minimum atomic E-state index is -1.31. The van der Waals surface area contributed by atoms with Crippen LogP contribution in [0.25, 0.3) is 0 Å². The molecule has 2 aromatic carbocycles. The summed E-state index contributed by atoms with van der Waals surface area (Å²) in [6.07, 6.45) is 5.64. The molecule has 0 aliphatic carbocycles. The van der Waals surface area contributed by atoms with E-state index in [9.17, 15) is 19.7 Å². The van der Waals surface area contributed by atoms with Gasteiger partial charge in [0.05, 0.1) is 37.4 Å². The second-order valence-corrected chi connectivity index (χ2v) is 10.7. The molecule has 0 radical (unpaired) electrons. The van der Waals surface area contributed by atoms with Crippen molar-refractivity contribution in [3.63, 3.8) is 0 Å². The molecular weight excluding hydrogens is 556 g/mol. The Morgan fingerprint density at radius 2 is 1.91 bits per heavy atom. The molecule has 2 aliphatic heterocycles. The van der Waals surface area contributed by atoms with E-state index in [1.807, 2.05) is 24.3 Å². The Balaban J connectivity index is 1.31. The van der Waals surface area contributed by atoms with Crippen LogP contribution in [0.1, 0.15) is 50.7 Å². The summed E-state index contributed by atoms with van der Waals surface area (Å²) in [6, 6.07) is 13.6. The van der Waals surface area contributed by atoms with Crippen molar-refractivity contribution in [3.8, 4) is 5.75 Å². The van der Waals surface area contributed by atoms with E-state index in [-0.39, 0.29) is 24.2 Å². The first-order valence-corrected chi connectivity index (χ1v) is 14.4. The third-order valence-electron chi connectivity index (χ3n) is 7.81. The molecule has 4 rings (SSSR count). The number of esters is 2. The molecule has 2 aliphatic rings. The predicted octanol–water partition coefficient (Wildman–Crippen LogP) is 5.10. The zero-order valence-corrected chi connectivity index (χ0v) is 24.8. The van der Waals surface area contributed by atoms with Crippen LogP contribution in [0.2, 0.25) is 0 Å². The minimum absolute atomic E-state index is 0.0610. The number of non-ortho nitro benzene ring substituents is 1. The molecule has 1 saturated heterocycles. The number of rotatable bonds is 13. The lowest BCUT2D eigenvalue weighted by Gasteiger charge is -2.39. The van der Waals surface area contributed by atoms with Crippen LogP contribution in [0.3, 0.4) is 0 Å². The van der Waals surface area contributed by atoms with Crippen LogP contribution in [-0.2, 0) is 40.4 Å². The van der Waals surface area contributed by atoms with Crippen molar-refractivity contribution in [2.24, 2.45) is 10.9 Å². The standard InChI is InChI=1S/C32H38N2O9/c1-22-29(31(36)39-3)32(2,24-8-6-9-25(20-24)34(37)38)27(21-33-22)30(35)43-18-7-17-40-26-13-11-23(12-14-26)15-19-42-28-10-4-5-16-41-28/h6,8-9,11-14,20-21,28-29H,4-5,7,10,15-19H2,1-3H3/t28-,29?,32?/m0/s1. The predicted molar refractivity (Wildman–Crippen MR) is 158 cm³/mol. The maximum absolute atomic E-state index is 13.3. The molecular formula is C32H38N2O9. The number of hydrogen-bond acceptors (Lipinski definition) is 10. The lowest BCUT2D eigenvalue weighted by atomic mass is 9.64. The maximum Gasteiger partial charge on any atom is 0.336 e. The Labute approximate surface area is 251 Å². The summed E-state index contributed by atoms with van der Waals surface area (Å²) < 4.78 is 27.8. The van der Waals surface area contributed by atoms with Crippen molar-refractivity contribution in [2.75, 3.05) is 33.5 Å². The summed E-state index contributed by atoms with van der Waals surface area (Å²) in [4.78, 5) is 41.4. The fourth-order valence-corrected chi connectivity index (χ4v) is 5.40. The van der Waals surface area contributed by atoms with Gasteiger partial charge in [-0.3, -0.25) is 19.9 Å². The molecule has 43 heavy (non-hydrogen) atoms. The number of carbonyl (C=O) groups is 2. The number of ether oxygens (including phenoxy) is 5. The van der Waals surface area contributed by atoms with Gasteiger partial charge in [0.25, 0.3) is 5.69 Å². The summed E-state index contributed by atoms with van der Waals surface area (Å²) in [6.45, 7) is 5.06. The summed E-state index contributed by atoms with van der Waals surface area (Å²) in [5.41, 5.74) is 0.576. The zero-order chi connectivity index (χ0) is 30.8. The molecule has 0 N–H and O–H groups in total. The number of nitro benzene ring substituents is 1. The number of methoxy groups -OCH3 is 1. The minimum Gasteiger partial charge on any atom is -0.493 e. The van der Waals surface area contributed by atoms with Crippen molar-refractivity contribution in [1.29, 1.82) is 0 Å². The Morgan fingerprint density at radius 3 is 2.60 bits per heavy atom. The SMILES string of the molecule is COC(=O)C1C(C)=NC=C(C(=O)OCCCOc2ccc(CCO[C@H]3CCCCO3)cc2)C1(C)c1cccc([N+](=O)[O-])c1. The highest BCUT2D eigenvalue weighted by atomic mass is 16.7. The number of aliphatic imine (C=N–C) groups is 1. The average Bonchev–Trinajstić information content (AvgIpc) is 3.02. The van der Waals surface area contributed by atoms with Crippen LogP contribution in [0.4, 0.5) is 5.69 Å². The Kier molecular flexibility index (Phi) is 11.0. The molecule has 0 spiro atoms. The van der Waals surface area contributed by atoms with E-state index in [1.54, 1.807) is 19.9 Å². The number of nitro groups is 1. The molecule has 0 bridgehead atoms. The molecule has 3 atom stereocenters. The fraction of sp³-hybridized carbons (Fsp3) is 0.469. The highest BCUT2D eigenvalue weighted by molar-refractivity contribution is 6.07. The van der Waals surface area contributed by atoms with Gasteiger partial charge in [-0.05, 0) is 62.8 Å². The van der Waals surface area contributed by atoms with Crippen LogP contribution in [0.5, 0.6) is 5.75 Å². The molecule has 2 unspecified atom stereocenters. The number of carbonyl (C=O) groups excluding carboxylic acids is 2. The van der Waals surface area contributed by atoms with Crippen LogP contribution in [-0.4, -0.2) is 62.4 Å². The van der Waals surface area contributed by atoms with Crippen molar-refractivity contribution in [2.45, 2.75) is 57.7 Å². The molecule has 1 fully saturated rings. The second-order valence-electron chi connectivity index (χ2n) is 10.7. The van der Waals surface area contributed by atoms with E-state index in [1.165, 1.54) is 31.5 Å². The zero-order valence-electron chi connectivity index (χ0n) is 24.8. The van der Waals surface area contributed by atoms with Gasteiger partial charge in [0, 0.05) is 42.5 Å². The third-order valence-corrected chi connectivity index (χ3v) is 7.81. The van der Waals surface area contributed by atoms with Crippen LogP contribution in [0.15, 0.2) is 65.3 Å². The van der Waals surface area contributed by atoms with Gasteiger partial charge in [-0.15, -0.1) is 0 Å². The van der Waals surface area contributed by atoms with Crippen molar-refractivity contribution in [1.82, 2.24) is 0 Å². The third kappa shape index (κ3) is 7.85. The van der Waals surface area contributed by atoms with Crippen LogP contribution >= 0.6 is 0 Å². The van der Waals surface area contributed by atoms with Crippen molar-refractivity contribution >= 4 is 23.3 Å². The first-order valence-electron chi connectivity index (χ1n) is 14.4. The largest absolute Gasteiger partial charge is 0.493 e. The van der Waals surface area contributed by atoms with Crippen molar-refractivity contribution in [3.05, 3.63) is 81.5 Å². The Bertz CT molecular complexity index is 1350. The average molecular weight is 595 g/mol. The monoisotopic (exact) mass is 594 g/mol. The molecule has 2 aromatic rings. The van der Waals surface area contributed by atoms with Crippen LogP contribution in [0, 0.1) is 16.0 Å². The highest BCUT2D eigenvalue weighted by Crippen LogP contribution is 2.44. The van der Waals surface area contributed by atoms with Gasteiger partial charge in [-0.2, -0.15) is 0 Å². The lowest BCUT2D eigenvalue weighted by Crippen LogP contribution is -2.47. The molecule has 11 heteroatoms. The molecule has 0 aromatic heterocycles. The van der Waals surface area contributed by atoms with Gasteiger partial charge in [0.15, 0.2) is 6.29 Å². The van der Waals surface area contributed by atoms with Gasteiger partial charge in [-0.1, -0.05) is 24.3 Å². The van der Waals surface area contributed by atoms with Gasteiger partial charge in [0.1, 0.15) is 11.7 Å². The normalized spacial score (nSPS) is 21.7. The first kappa shape index (κ1) is 31.8. The topological polar surface area (TPSA) is 136 Å². The molecule has 0 amide bonds. The summed E-state index contributed by atoms with van der Waals surface area (Å²) >= 11 is 0. The Hall–Kier alpha value is -4.09. The summed E-state index contributed by atoms with van der Waals surface area (Å²) in [5.74, 6) is -1.57. The van der Waals surface area contributed by atoms with E-state index in [2.05, 4.69) is 4.99 Å². The Morgan fingerprint density at radius 1 is 1.12 bits per heavy atom. The smallest absolute Gasteiger partial charge is 0.336 e. The summed E-state index contributed by atoms with van der Waals surface area (Å²) in [5, 5.41) is 11.5.